The number of aryl methyl sites for hydroxylation is 1. The Morgan fingerprint density at radius 3 is 2.52 bits per heavy atom. The van der Waals surface area contributed by atoms with Gasteiger partial charge in [-0.25, -0.2) is 8.42 Å². The van der Waals surface area contributed by atoms with Crippen molar-refractivity contribution in [1.29, 1.82) is 0 Å². The number of morpholine rings is 1. The van der Waals surface area contributed by atoms with Crippen molar-refractivity contribution in [2.24, 2.45) is 0 Å². The summed E-state index contributed by atoms with van der Waals surface area (Å²) in [7, 11) is -3.48. The summed E-state index contributed by atoms with van der Waals surface area (Å²) < 4.78 is 37.3. The number of nitrogens with zero attached hydrogens (tertiary/aromatic N) is 1. The smallest absolute Gasteiger partial charge is 0.243 e. The van der Waals surface area contributed by atoms with Crippen molar-refractivity contribution < 1.29 is 17.6 Å². The molecule has 0 atom stereocenters. The summed E-state index contributed by atoms with van der Waals surface area (Å²) in [6.45, 7) is 3.50. The van der Waals surface area contributed by atoms with Crippen molar-refractivity contribution in [1.82, 2.24) is 4.31 Å². The Morgan fingerprint density at radius 1 is 1.10 bits per heavy atom. The van der Waals surface area contributed by atoms with Crippen molar-refractivity contribution in [3.8, 4) is 11.1 Å². The summed E-state index contributed by atoms with van der Waals surface area (Å²) in [6, 6.07) is 7.26. The van der Waals surface area contributed by atoms with E-state index in [1.165, 1.54) is 4.31 Å². The van der Waals surface area contributed by atoms with Crippen LogP contribution in [0.1, 0.15) is 5.56 Å². The molecule has 1 aliphatic rings. The van der Waals surface area contributed by atoms with Crippen LogP contribution in [0.2, 0.25) is 0 Å². The van der Waals surface area contributed by atoms with Crippen LogP contribution < -0.4 is 0 Å². The highest BCUT2D eigenvalue weighted by atomic mass is 32.2. The average molecular weight is 307 g/mol. The Kier molecular flexibility index (Phi) is 3.84. The summed E-state index contributed by atoms with van der Waals surface area (Å²) in [5.74, 6) is 0. The third-order valence-electron chi connectivity index (χ3n) is 3.63. The van der Waals surface area contributed by atoms with Crippen molar-refractivity contribution >= 4 is 10.0 Å². The summed E-state index contributed by atoms with van der Waals surface area (Å²) >= 11 is 0. The van der Waals surface area contributed by atoms with Crippen molar-refractivity contribution in [2.75, 3.05) is 26.3 Å². The minimum absolute atomic E-state index is 0.350. The van der Waals surface area contributed by atoms with Gasteiger partial charge in [-0.2, -0.15) is 4.31 Å². The van der Waals surface area contributed by atoms with Gasteiger partial charge < -0.3 is 9.15 Å². The highest BCUT2D eigenvalue weighted by Gasteiger charge is 2.28. The molecule has 112 valence electrons. The maximum atomic E-state index is 12.8. The van der Waals surface area contributed by atoms with E-state index < -0.39 is 10.0 Å². The zero-order chi connectivity index (χ0) is 14.9. The summed E-state index contributed by atoms with van der Waals surface area (Å²) in [5.41, 5.74) is 2.45. The number of ether oxygens (including phenoxy) is 1. The lowest BCUT2D eigenvalue weighted by molar-refractivity contribution is 0.0730. The van der Waals surface area contributed by atoms with Crippen molar-refractivity contribution in [2.45, 2.75) is 11.8 Å². The van der Waals surface area contributed by atoms with E-state index in [0.29, 0.717) is 31.2 Å². The maximum Gasteiger partial charge on any atom is 0.243 e. The molecule has 1 saturated heterocycles. The first kappa shape index (κ1) is 14.3. The molecule has 3 rings (SSSR count). The molecule has 2 heterocycles. The van der Waals surface area contributed by atoms with E-state index >= 15 is 0 Å². The van der Waals surface area contributed by atoms with Crippen LogP contribution in [0, 0.1) is 6.92 Å². The van der Waals surface area contributed by atoms with Crippen LogP contribution in [0.5, 0.6) is 0 Å². The molecule has 21 heavy (non-hydrogen) atoms. The number of hydrogen-bond acceptors (Lipinski definition) is 4. The molecule has 0 aliphatic carbocycles. The first-order valence-corrected chi connectivity index (χ1v) is 8.24. The zero-order valence-corrected chi connectivity index (χ0v) is 12.6. The van der Waals surface area contributed by atoms with Gasteiger partial charge in [-0.15, -0.1) is 0 Å². The molecule has 5 nitrogen and oxygen atoms in total. The van der Waals surface area contributed by atoms with Gasteiger partial charge >= 0.3 is 0 Å². The topological polar surface area (TPSA) is 59.8 Å². The van der Waals surface area contributed by atoms with E-state index in [9.17, 15) is 8.42 Å². The van der Waals surface area contributed by atoms with Crippen LogP contribution in [0.25, 0.3) is 11.1 Å². The number of benzene rings is 1. The third-order valence-corrected chi connectivity index (χ3v) is 5.67. The van der Waals surface area contributed by atoms with Gasteiger partial charge in [0.15, 0.2) is 0 Å². The van der Waals surface area contributed by atoms with Gasteiger partial charge in [0.25, 0.3) is 0 Å². The summed E-state index contributed by atoms with van der Waals surface area (Å²) in [4.78, 5) is 0.350. The van der Waals surface area contributed by atoms with Gasteiger partial charge in [0, 0.05) is 18.7 Å². The van der Waals surface area contributed by atoms with Crippen molar-refractivity contribution in [3.05, 3.63) is 42.4 Å². The van der Waals surface area contributed by atoms with Gasteiger partial charge in [-0.05, 0) is 30.2 Å². The molecule has 0 N–H and O–H groups in total. The average Bonchev–Trinajstić information content (AvgIpc) is 3.03. The Balaban J connectivity index is 2.02. The quantitative estimate of drug-likeness (QED) is 0.873. The van der Waals surface area contributed by atoms with E-state index in [2.05, 4.69) is 0 Å². The van der Waals surface area contributed by atoms with E-state index in [0.717, 1.165) is 16.7 Å². The second-order valence-electron chi connectivity index (χ2n) is 5.01. The van der Waals surface area contributed by atoms with E-state index in [1.54, 1.807) is 18.6 Å². The second-order valence-corrected chi connectivity index (χ2v) is 6.92. The summed E-state index contributed by atoms with van der Waals surface area (Å²) in [5, 5.41) is 0. The van der Waals surface area contributed by atoms with Crippen LogP contribution in [-0.2, 0) is 14.8 Å². The van der Waals surface area contributed by atoms with E-state index in [-0.39, 0.29) is 0 Å². The molecule has 0 unspecified atom stereocenters. The molecule has 0 radical (unpaired) electrons. The largest absolute Gasteiger partial charge is 0.472 e. The van der Waals surface area contributed by atoms with Gasteiger partial charge in [-0.1, -0.05) is 12.1 Å². The second kappa shape index (κ2) is 5.63. The lowest BCUT2D eigenvalue weighted by atomic mass is 10.1. The molecule has 1 fully saturated rings. The maximum absolute atomic E-state index is 12.8. The fourth-order valence-corrected chi connectivity index (χ4v) is 4.07. The first-order chi connectivity index (χ1) is 10.1. The number of rotatable bonds is 3. The van der Waals surface area contributed by atoms with Gasteiger partial charge in [0.1, 0.15) is 0 Å². The fraction of sp³-hybridized carbons (Fsp3) is 0.333. The minimum atomic E-state index is -3.48. The molecular formula is C15H17NO4S. The molecular weight excluding hydrogens is 290 g/mol. The minimum Gasteiger partial charge on any atom is -0.472 e. The molecule has 6 heteroatoms. The summed E-state index contributed by atoms with van der Waals surface area (Å²) in [6.07, 6.45) is 3.18. The van der Waals surface area contributed by atoms with Gasteiger partial charge in [0.05, 0.1) is 30.6 Å². The Hall–Kier alpha value is -1.63. The van der Waals surface area contributed by atoms with Gasteiger partial charge in [-0.3, -0.25) is 0 Å². The first-order valence-electron chi connectivity index (χ1n) is 6.80. The Bertz CT molecular complexity index is 716. The Labute approximate surface area is 124 Å². The monoisotopic (exact) mass is 307 g/mol. The third kappa shape index (κ3) is 2.74. The van der Waals surface area contributed by atoms with E-state index in [4.69, 9.17) is 9.15 Å². The molecule has 1 aliphatic heterocycles. The molecule has 0 amide bonds. The van der Waals surface area contributed by atoms with Crippen LogP contribution in [0.15, 0.2) is 46.1 Å². The van der Waals surface area contributed by atoms with E-state index in [1.807, 2.05) is 25.1 Å². The normalized spacial score (nSPS) is 17.0. The highest BCUT2D eigenvalue weighted by Crippen LogP contribution is 2.27. The number of sulfonamides is 1. The molecule has 1 aromatic carbocycles. The zero-order valence-electron chi connectivity index (χ0n) is 11.8. The molecule has 0 spiro atoms. The molecule has 1 aromatic heterocycles. The van der Waals surface area contributed by atoms with Crippen LogP contribution >= 0.6 is 0 Å². The van der Waals surface area contributed by atoms with Gasteiger partial charge in [0.2, 0.25) is 10.0 Å². The SMILES string of the molecule is Cc1ccc(-c2ccoc2)cc1S(=O)(=O)N1CCOCC1. The molecule has 0 saturated carbocycles. The van der Waals surface area contributed by atoms with Crippen LogP contribution in [0.4, 0.5) is 0 Å². The molecule has 2 aromatic rings. The van der Waals surface area contributed by atoms with Crippen LogP contribution in [-0.4, -0.2) is 39.0 Å². The van der Waals surface area contributed by atoms with Crippen molar-refractivity contribution in [3.63, 3.8) is 0 Å². The standard InChI is InChI=1S/C15H17NO4S/c1-12-2-3-13(14-4-7-20-11-14)10-15(12)21(17,18)16-5-8-19-9-6-16/h2-4,7,10-11H,5-6,8-9H2,1H3. The lowest BCUT2D eigenvalue weighted by Gasteiger charge is -2.26. The predicted octanol–water partition coefficient (Wildman–Crippen LogP) is 2.28. The lowest BCUT2D eigenvalue weighted by Crippen LogP contribution is -2.40. The molecule has 0 bridgehead atoms. The highest BCUT2D eigenvalue weighted by molar-refractivity contribution is 7.89. The predicted molar refractivity (Wildman–Crippen MR) is 78.5 cm³/mol. The fourth-order valence-electron chi connectivity index (χ4n) is 2.41. The number of furan rings is 1. The number of hydrogen-bond donors (Lipinski definition) is 0. The Morgan fingerprint density at radius 2 is 1.86 bits per heavy atom. The van der Waals surface area contributed by atoms with Crippen LogP contribution in [0.3, 0.4) is 0 Å².